The maximum atomic E-state index is 12.5. The molecule has 0 saturated carbocycles. The van der Waals surface area contributed by atoms with Gasteiger partial charge in [0.2, 0.25) is 0 Å². The Morgan fingerprint density at radius 3 is 2.95 bits per heavy atom. The summed E-state index contributed by atoms with van der Waals surface area (Å²) in [7, 11) is 0. The highest BCUT2D eigenvalue weighted by molar-refractivity contribution is 5.92. The number of amides is 1. The van der Waals surface area contributed by atoms with E-state index in [1.54, 1.807) is 18.3 Å². The smallest absolute Gasteiger partial charge is 0.272 e. The number of carbonyl (C=O) groups is 1. The van der Waals surface area contributed by atoms with Crippen molar-refractivity contribution in [2.45, 2.75) is 31.7 Å². The third kappa shape index (κ3) is 4.03. The lowest BCUT2D eigenvalue weighted by atomic mass is 10.1. The van der Waals surface area contributed by atoms with Gasteiger partial charge >= 0.3 is 0 Å². The number of hydrogen-bond acceptors (Lipinski definition) is 4. The molecule has 0 aromatic carbocycles. The summed E-state index contributed by atoms with van der Waals surface area (Å²) in [6, 6.07) is 3.62. The number of pyridine rings is 1. The van der Waals surface area contributed by atoms with Crippen LogP contribution in [0.15, 0.2) is 18.3 Å². The van der Waals surface area contributed by atoms with E-state index >= 15 is 0 Å². The standard InChI is InChI=1S/C16H20N2O3/c19-10-2-4-13-7-8-15(17-12-13)16(21)18-9-1-5-14(18)6-3-11-20/h7-8,12,14,19-20H,1,3,5-6,9-11H2. The third-order valence-corrected chi connectivity index (χ3v) is 3.63. The first-order chi connectivity index (χ1) is 10.3. The van der Waals surface area contributed by atoms with Crippen molar-refractivity contribution in [2.24, 2.45) is 0 Å². The second-order valence-corrected chi connectivity index (χ2v) is 5.05. The van der Waals surface area contributed by atoms with E-state index in [9.17, 15) is 4.79 Å². The molecule has 1 unspecified atom stereocenters. The van der Waals surface area contributed by atoms with E-state index in [1.807, 2.05) is 4.90 Å². The molecule has 5 heteroatoms. The van der Waals surface area contributed by atoms with E-state index in [4.69, 9.17) is 10.2 Å². The van der Waals surface area contributed by atoms with Crippen LogP contribution < -0.4 is 0 Å². The van der Waals surface area contributed by atoms with E-state index in [2.05, 4.69) is 16.8 Å². The Morgan fingerprint density at radius 2 is 2.29 bits per heavy atom. The second kappa shape index (κ2) is 7.77. The van der Waals surface area contributed by atoms with Crippen molar-refractivity contribution >= 4 is 5.91 Å². The van der Waals surface area contributed by atoms with Gasteiger partial charge < -0.3 is 15.1 Å². The Kier molecular flexibility index (Phi) is 5.73. The van der Waals surface area contributed by atoms with Crippen molar-refractivity contribution in [3.05, 3.63) is 29.6 Å². The van der Waals surface area contributed by atoms with Gasteiger partial charge in [0.1, 0.15) is 12.3 Å². The van der Waals surface area contributed by atoms with Crippen LogP contribution in [0.3, 0.4) is 0 Å². The number of aromatic nitrogens is 1. The molecule has 1 atom stereocenters. The fourth-order valence-electron chi connectivity index (χ4n) is 2.61. The summed E-state index contributed by atoms with van der Waals surface area (Å²) in [5, 5.41) is 17.6. The fraction of sp³-hybridized carbons (Fsp3) is 0.500. The predicted octanol–water partition coefficient (Wildman–Crippen LogP) is 0.802. The minimum absolute atomic E-state index is 0.0582. The Morgan fingerprint density at radius 1 is 1.43 bits per heavy atom. The Bertz CT molecular complexity index is 531. The molecule has 2 rings (SSSR count). The van der Waals surface area contributed by atoms with Gasteiger partial charge in [-0.15, -0.1) is 0 Å². The number of aliphatic hydroxyl groups is 2. The van der Waals surface area contributed by atoms with Gasteiger partial charge in [-0.25, -0.2) is 4.98 Å². The van der Waals surface area contributed by atoms with Gasteiger partial charge in [0.15, 0.2) is 0 Å². The lowest BCUT2D eigenvalue weighted by Crippen LogP contribution is -2.36. The molecule has 1 aromatic rings. The van der Waals surface area contributed by atoms with Crippen molar-refractivity contribution in [3.63, 3.8) is 0 Å². The van der Waals surface area contributed by atoms with Crippen LogP contribution in [-0.2, 0) is 0 Å². The van der Waals surface area contributed by atoms with Gasteiger partial charge in [0.25, 0.3) is 5.91 Å². The van der Waals surface area contributed by atoms with Crippen LogP contribution in [0.2, 0.25) is 0 Å². The normalized spacial score (nSPS) is 17.4. The first kappa shape index (κ1) is 15.5. The molecule has 2 heterocycles. The van der Waals surface area contributed by atoms with Gasteiger partial charge in [0, 0.05) is 31.0 Å². The topological polar surface area (TPSA) is 73.7 Å². The third-order valence-electron chi connectivity index (χ3n) is 3.63. The van der Waals surface area contributed by atoms with Crippen LogP contribution in [0.1, 0.15) is 41.7 Å². The summed E-state index contributed by atoms with van der Waals surface area (Å²) < 4.78 is 0. The SMILES string of the molecule is O=C(c1ccc(C#CCO)cn1)N1CCCC1CCCO. The molecule has 5 nitrogen and oxygen atoms in total. The molecule has 21 heavy (non-hydrogen) atoms. The average Bonchev–Trinajstić information content (AvgIpc) is 2.99. The van der Waals surface area contributed by atoms with Crippen LogP contribution in [0.5, 0.6) is 0 Å². The maximum Gasteiger partial charge on any atom is 0.272 e. The number of aliphatic hydroxyl groups excluding tert-OH is 2. The summed E-state index contributed by atoms with van der Waals surface area (Å²) >= 11 is 0. The number of nitrogens with zero attached hydrogens (tertiary/aromatic N) is 2. The molecule has 2 N–H and O–H groups in total. The first-order valence-corrected chi connectivity index (χ1v) is 7.24. The van der Waals surface area contributed by atoms with E-state index in [0.29, 0.717) is 11.3 Å². The van der Waals surface area contributed by atoms with E-state index in [-0.39, 0.29) is 25.2 Å². The Labute approximate surface area is 124 Å². The molecule has 0 spiro atoms. The first-order valence-electron chi connectivity index (χ1n) is 7.24. The number of rotatable bonds is 4. The van der Waals surface area contributed by atoms with Gasteiger partial charge in [-0.3, -0.25) is 4.79 Å². The quantitative estimate of drug-likeness (QED) is 0.804. The minimum atomic E-state index is -0.193. The molecule has 0 bridgehead atoms. The largest absolute Gasteiger partial charge is 0.396 e. The highest BCUT2D eigenvalue weighted by atomic mass is 16.3. The molecular weight excluding hydrogens is 268 g/mol. The number of carbonyl (C=O) groups excluding carboxylic acids is 1. The van der Waals surface area contributed by atoms with Crippen LogP contribution >= 0.6 is 0 Å². The van der Waals surface area contributed by atoms with Gasteiger partial charge in [0.05, 0.1) is 0 Å². The molecular formula is C16H20N2O3. The van der Waals surface area contributed by atoms with Crippen LogP contribution in [0.4, 0.5) is 0 Å². The highest BCUT2D eigenvalue weighted by Crippen LogP contribution is 2.23. The van der Waals surface area contributed by atoms with Crippen molar-refractivity contribution in [3.8, 4) is 11.8 Å². The van der Waals surface area contributed by atoms with Gasteiger partial charge in [-0.1, -0.05) is 11.8 Å². The Hall–Kier alpha value is -1.90. The van der Waals surface area contributed by atoms with Crippen molar-refractivity contribution in [1.82, 2.24) is 9.88 Å². The molecule has 0 radical (unpaired) electrons. The molecule has 1 saturated heterocycles. The molecule has 1 aliphatic heterocycles. The van der Waals surface area contributed by atoms with Gasteiger partial charge in [-0.05, 0) is 37.8 Å². The monoisotopic (exact) mass is 288 g/mol. The Balaban J connectivity index is 2.05. The molecule has 1 fully saturated rings. The average molecular weight is 288 g/mol. The zero-order chi connectivity index (χ0) is 15.1. The maximum absolute atomic E-state index is 12.5. The summed E-state index contributed by atoms with van der Waals surface area (Å²) in [6.07, 6.45) is 5.10. The molecule has 1 amide bonds. The van der Waals surface area contributed by atoms with Crippen LogP contribution in [-0.4, -0.2) is 51.8 Å². The summed E-state index contributed by atoms with van der Waals surface area (Å²) in [5.74, 6) is 5.24. The van der Waals surface area contributed by atoms with Crippen molar-refractivity contribution in [1.29, 1.82) is 0 Å². The molecule has 112 valence electrons. The zero-order valence-electron chi connectivity index (χ0n) is 12.0. The van der Waals surface area contributed by atoms with Gasteiger partial charge in [-0.2, -0.15) is 0 Å². The van der Waals surface area contributed by atoms with E-state index in [1.165, 1.54) is 0 Å². The number of hydrogen-bond donors (Lipinski definition) is 2. The van der Waals surface area contributed by atoms with Crippen LogP contribution in [0, 0.1) is 11.8 Å². The summed E-state index contributed by atoms with van der Waals surface area (Å²) in [5.41, 5.74) is 1.10. The van der Waals surface area contributed by atoms with Crippen molar-refractivity contribution < 1.29 is 15.0 Å². The number of likely N-dealkylation sites (tertiary alicyclic amines) is 1. The molecule has 1 aromatic heterocycles. The molecule has 1 aliphatic rings. The lowest BCUT2D eigenvalue weighted by molar-refractivity contribution is 0.0718. The summed E-state index contributed by atoms with van der Waals surface area (Å²) in [6.45, 7) is 0.721. The fourth-order valence-corrected chi connectivity index (χ4v) is 2.61. The lowest BCUT2D eigenvalue weighted by Gasteiger charge is -2.24. The highest BCUT2D eigenvalue weighted by Gasteiger charge is 2.29. The summed E-state index contributed by atoms with van der Waals surface area (Å²) in [4.78, 5) is 18.5. The zero-order valence-corrected chi connectivity index (χ0v) is 12.0. The predicted molar refractivity (Wildman–Crippen MR) is 78.6 cm³/mol. The van der Waals surface area contributed by atoms with E-state index in [0.717, 1.165) is 32.2 Å². The second-order valence-electron chi connectivity index (χ2n) is 5.05. The van der Waals surface area contributed by atoms with Crippen molar-refractivity contribution in [2.75, 3.05) is 19.8 Å². The van der Waals surface area contributed by atoms with Crippen LogP contribution in [0.25, 0.3) is 0 Å². The minimum Gasteiger partial charge on any atom is -0.396 e. The van der Waals surface area contributed by atoms with E-state index < -0.39 is 0 Å². The molecule has 0 aliphatic carbocycles.